The highest BCUT2D eigenvalue weighted by Crippen LogP contribution is 2.42. The topological polar surface area (TPSA) is 90.7 Å². The number of ether oxygens (including phenoxy) is 1. The Morgan fingerprint density at radius 2 is 1.73 bits per heavy atom. The number of esters is 1. The molecule has 0 saturated heterocycles. The summed E-state index contributed by atoms with van der Waals surface area (Å²) in [5.74, 6) is 1.11. The number of aromatic nitrogens is 2. The van der Waals surface area contributed by atoms with Gasteiger partial charge in [0.15, 0.2) is 8.32 Å². The summed E-state index contributed by atoms with van der Waals surface area (Å²) in [5.41, 5.74) is 2.03. The minimum Gasteiger partial charge on any atom is -0.469 e. The summed E-state index contributed by atoms with van der Waals surface area (Å²) in [6.45, 7) is 23.1. The molecule has 7 nitrogen and oxygen atoms in total. The van der Waals surface area contributed by atoms with Gasteiger partial charge in [-0.1, -0.05) is 80.0 Å². The summed E-state index contributed by atoms with van der Waals surface area (Å²) in [6, 6.07) is 5.98. The van der Waals surface area contributed by atoms with Crippen LogP contribution in [-0.2, 0) is 25.8 Å². The molecule has 1 aromatic heterocycles. The third-order valence-electron chi connectivity index (χ3n) is 10.4. The van der Waals surface area contributed by atoms with E-state index in [1.165, 1.54) is 7.11 Å². The number of carbonyl (C=O) groups excluding carboxylic acids is 2. The van der Waals surface area contributed by atoms with Gasteiger partial charge in [0.25, 0.3) is 0 Å². The maximum Gasteiger partial charge on any atom is 0.308 e. The van der Waals surface area contributed by atoms with Gasteiger partial charge in [0.2, 0.25) is 0 Å². The van der Waals surface area contributed by atoms with Gasteiger partial charge in [0.05, 0.1) is 36.8 Å². The highest BCUT2D eigenvalue weighted by atomic mass is 28.4. The number of aryl methyl sites for hydroxylation is 2. The number of allylic oxidation sites excluding steroid dienone is 1. The summed E-state index contributed by atoms with van der Waals surface area (Å²) in [6.07, 6.45) is 6.69. The monoisotopic (exact) mass is 628 g/mol. The van der Waals surface area contributed by atoms with Gasteiger partial charge in [-0.15, -0.1) is 0 Å². The van der Waals surface area contributed by atoms with Gasteiger partial charge in [0.1, 0.15) is 11.6 Å². The Balaban J connectivity index is 1.94. The van der Waals surface area contributed by atoms with E-state index in [0.717, 1.165) is 41.7 Å². The Hall–Kier alpha value is -2.29. The lowest BCUT2D eigenvalue weighted by atomic mass is 9.70. The first-order valence-corrected chi connectivity index (χ1v) is 19.2. The van der Waals surface area contributed by atoms with Crippen LogP contribution in [0.25, 0.3) is 11.0 Å². The standard InChI is InChI=1S/C36H60N2O5Si/c1-24(18-16-14-15-17-19-31(39)28-20-21-30-29(22-28)37-27(4)38(30)10)25(2)26(3)34(41)36(8,9)32(23-33(40)42-11)43-44(12,13)35(5,6)7/h15,17,20-22,24-26,31-32,39H,14,16,18-19,23H2,1-13H3/t24?,25-,26?,31?,32-/m0/s1. The van der Waals surface area contributed by atoms with Gasteiger partial charge in [0, 0.05) is 18.4 Å². The van der Waals surface area contributed by atoms with Crippen LogP contribution in [0.15, 0.2) is 30.4 Å². The van der Waals surface area contributed by atoms with Crippen LogP contribution in [-0.4, -0.2) is 47.9 Å². The number of rotatable bonds is 16. The lowest BCUT2D eigenvalue weighted by Gasteiger charge is -2.44. The van der Waals surface area contributed by atoms with Crippen molar-refractivity contribution in [3.8, 4) is 0 Å². The second-order valence-corrected chi connectivity index (χ2v) is 19.7. The second kappa shape index (κ2) is 15.3. The first-order chi connectivity index (χ1) is 20.2. The van der Waals surface area contributed by atoms with E-state index in [1.807, 2.05) is 52.9 Å². The van der Waals surface area contributed by atoms with Gasteiger partial charge in [-0.3, -0.25) is 9.59 Å². The minimum atomic E-state index is -2.24. The number of hydrogen-bond acceptors (Lipinski definition) is 6. The Morgan fingerprint density at radius 1 is 1.09 bits per heavy atom. The number of aliphatic hydroxyl groups is 1. The highest BCUT2D eigenvalue weighted by molar-refractivity contribution is 6.74. The zero-order valence-electron chi connectivity index (χ0n) is 29.8. The molecular formula is C36H60N2O5Si. The number of Topliss-reactive ketones (excluding diaryl/α,β-unsaturated/α-hetero) is 1. The number of aliphatic hydroxyl groups excluding tert-OH is 1. The van der Waals surface area contributed by atoms with Crippen LogP contribution >= 0.6 is 0 Å². The van der Waals surface area contributed by atoms with E-state index in [0.29, 0.717) is 12.3 Å². The molecule has 0 aliphatic carbocycles. The molecule has 44 heavy (non-hydrogen) atoms. The molecule has 2 aromatic rings. The molecule has 8 heteroatoms. The predicted molar refractivity (Wildman–Crippen MR) is 183 cm³/mol. The van der Waals surface area contributed by atoms with Crippen LogP contribution in [0.2, 0.25) is 18.1 Å². The van der Waals surface area contributed by atoms with Crippen LogP contribution in [0.3, 0.4) is 0 Å². The third-order valence-corrected chi connectivity index (χ3v) is 14.9. The van der Waals surface area contributed by atoms with E-state index in [1.54, 1.807) is 0 Å². The van der Waals surface area contributed by atoms with E-state index < -0.39 is 25.9 Å². The molecule has 0 radical (unpaired) electrons. The summed E-state index contributed by atoms with van der Waals surface area (Å²) >= 11 is 0. The lowest BCUT2D eigenvalue weighted by molar-refractivity contribution is -0.147. The molecule has 5 atom stereocenters. The van der Waals surface area contributed by atoms with Crippen LogP contribution in [0.4, 0.5) is 0 Å². The molecule has 1 aromatic carbocycles. The zero-order chi connectivity index (χ0) is 33.6. The fourth-order valence-electron chi connectivity index (χ4n) is 5.53. The molecule has 0 bridgehead atoms. The van der Waals surface area contributed by atoms with Crippen molar-refractivity contribution in [1.82, 2.24) is 9.55 Å². The van der Waals surface area contributed by atoms with Gasteiger partial charge >= 0.3 is 5.97 Å². The van der Waals surface area contributed by atoms with E-state index in [9.17, 15) is 14.7 Å². The first kappa shape index (κ1) is 37.9. The van der Waals surface area contributed by atoms with Gasteiger partial charge < -0.3 is 18.8 Å². The van der Waals surface area contributed by atoms with Crippen molar-refractivity contribution in [2.24, 2.45) is 30.2 Å². The molecule has 1 heterocycles. The first-order valence-electron chi connectivity index (χ1n) is 16.3. The summed E-state index contributed by atoms with van der Waals surface area (Å²) in [4.78, 5) is 30.9. The van der Waals surface area contributed by atoms with Crippen molar-refractivity contribution in [3.05, 3.63) is 41.7 Å². The van der Waals surface area contributed by atoms with Crippen LogP contribution < -0.4 is 0 Å². The lowest BCUT2D eigenvalue weighted by Crippen LogP contribution is -2.52. The van der Waals surface area contributed by atoms with Gasteiger partial charge in [-0.2, -0.15) is 0 Å². The molecule has 0 amide bonds. The number of fused-ring (bicyclic) bond motifs is 1. The molecule has 0 fully saturated rings. The number of imidazole rings is 1. The number of ketones is 1. The molecule has 0 aliphatic heterocycles. The van der Waals surface area contributed by atoms with Crippen molar-refractivity contribution in [2.75, 3.05) is 7.11 Å². The summed E-state index contributed by atoms with van der Waals surface area (Å²) < 4.78 is 13.8. The molecule has 1 N–H and O–H groups in total. The third kappa shape index (κ3) is 9.36. The molecule has 248 valence electrons. The SMILES string of the molecule is COC(=O)C[C@H](O[Si](C)(C)C(C)(C)C)C(C)(C)C(=O)C(C)[C@@H](C)C(C)CCCC=CCC(O)c1ccc2c(c1)nc(C)n2C. The number of carbonyl (C=O) groups is 2. The number of unbranched alkanes of at least 4 members (excludes halogenated alkanes) is 1. The summed E-state index contributed by atoms with van der Waals surface area (Å²) in [7, 11) is 1.14. The predicted octanol–water partition coefficient (Wildman–Crippen LogP) is 8.49. The maximum atomic E-state index is 14.0. The number of benzene rings is 1. The van der Waals surface area contributed by atoms with Crippen LogP contribution in [0.1, 0.15) is 105 Å². The normalized spacial score (nSPS) is 16.6. The molecule has 2 rings (SSSR count). The van der Waals surface area contributed by atoms with E-state index in [-0.39, 0.29) is 35.0 Å². The highest BCUT2D eigenvalue weighted by Gasteiger charge is 2.47. The summed E-state index contributed by atoms with van der Waals surface area (Å²) in [5, 5.41) is 10.7. The second-order valence-electron chi connectivity index (χ2n) is 15.0. The Labute approximate surface area is 267 Å². The zero-order valence-corrected chi connectivity index (χ0v) is 30.8. The quantitative estimate of drug-likeness (QED) is 0.0868. The van der Waals surface area contributed by atoms with E-state index in [2.05, 4.69) is 69.4 Å². The Morgan fingerprint density at radius 3 is 2.32 bits per heavy atom. The maximum absolute atomic E-state index is 14.0. The number of methoxy groups -OCH3 is 1. The average Bonchev–Trinajstić information content (AvgIpc) is 3.24. The molecular weight excluding hydrogens is 568 g/mol. The molecule has 0 aliphatic rings. The molecule has 3 unspecified atom stereocenters. The molecule has 0 spiro atoms. The van der Waals surface area contributed by atoms with Crippen LogP contribution in [0, 0.1) is 30.1 Å². The van der Waals surface area contributed by atoms with Crippen molar-refractivity contribution in [1.29, 1.82) is 0 Å². The smallest absolute Gasteiger partial charge is 0.308 e. The van der Waals surface area contributed by atoms with Crippen molar-refractivity contribution in [3.63, 3.8) is 0 Å². The largest absolute Gasteiger partial charge is 0.469 e. The van der Waals surface area contributed by atoms with Crippen molar-refractivity contribution in [2.45, 2.75) is 125 Å². The van der Waals surface area contributed by atoms with Gasteiger partial charge in [-0.25, -0.2) is 4.98 Å². The van der Waals surface area contributed by atoms with E-state index in [4.69, 9.17) is 9.16 Å². The minimum absolute atomic E-state index is 0.0480. The fourth-order valence-corrected chi connectivity index (χ4v) is 6.98. The average molecular weight is 629 g/mol. The Kier molecular flexibility index (Phi) is 13.2. The number of nitrogens with zero attached hydrogens (tertiary/aromatic N) is 2. The molecule has 0 saturated carbocycles. The van der Waals surface area contributed by atoms with Crippen molar-refractivity contribution < 1.29 is 23.9 Å². The number of hydrogen-bond donors (Lipinski definition) is 1. The van der Waals surface area contributed by atoms with E-state index >= 15 is 0 Å². The Bertz CT molecular complexity index is 1290. The van der Waals surface area contributed by atoms with Crippen molar-refractivity contribution >= 4 is 31.1 Å². The van der Waals surface area contributed by atoms with Crippen LogP contribution in [0.5, 0.6) is 0 Å². The van der Waals surface area contributed by atoms with Gasteiger partial charge in [-0.05, 0) is 73.9 Å². The fraction of sp³-hybridized carbons (Fsp3) is 0.694.